The second kappa shape index (κ2) is 6.61. The Labute approximate surface area is 119 Å². The Morgan fingerprint density at radius 2 is 1.80 bits per heavy atom. The molecule has 2 unspecified atom stereocenters. The predicted molar refractivity (Wildman–Crippen MR) is 76.8 cm³/mol. The number of nitrogens with one attached hydrogen (secondary N) is 1. The number of amides is 1. The van der Waals surface area contributed by atoms with Crippen molar-refractivity contribution in [2.45, 2.75) is 45.4 Å². The van der Waals surface area contributed by atoms with Gasteiger partial charge < -0.3 is 19.9 Å². The lowest BCUT2D eigenvalue weighted by molar-refractivity contribution is 0.0436. The molecule has 0 spiro atoms. The van der Waals surface area contributed by atoms with Gasteiger partial charge in [-0.2, -0.15) is 0 Å². The molecule has 0 saturated carbocycles. The lowest BCUT2D eigenvalue weighted by Gasteiger charge is -2.25. The number of rotatable bonds is 4. The van der Waals surface area contributed by atoms with Crippen LogP contribution in [0.25, 0.3) is 0 Å². The zero-order chi connectivity index (χ0) is 15.3. The van der Waals surface area contributed by atoms with Crippen molar-refractivity contribution in [1.29, 1.82) is 0 Å². The normalized spacial score (nSPS) is 14.3. The first kappa shape index (κ1) is 16.3. The van der Waals surface area contributed by atoms with Crippen molar-refractivity contribution in [2.75, 3.05) is 7.11 Å². The molecule has 0 aliphatic rings. The van der Waals surface area contributed by atoms with E-state index in [0.717, 1.165) is 11.3 Å². The van der Waals surface area contributed by atoms with Crippen LogP contribution in [0.3, 0.4) is 0 Å². The third-order valence-corrected chi connectivity index (χ3v) is 2.63. The Hall–Kier alpha value is -1.75. The third-order valence-electron chi connectivity index (χ3n) is 2.63. The molecular weight excluding hydrogens is 258 g/mol. The first-order valence-corrected chi connectivity index (χ1v) is 6.54. The molecule has 1 aromatic carbocycles. The lowest BCUT2D eigenvalue weighted by atomic mass is 10.0. The van der Waals surface area contributed by atoms with E-state index in [0.29, 0.717) is 0 Å². The largest absolute Gasteiger partial charge is 0.497 e. The van der Waals surface area contributed by atoms with Gasteiger partial charge in [-0.1, -0.05) is 12.1 Å². The fourth-order valence-corrected chi connectivity index (χ4v) is 1.73. The van der Waals surface area contributed by atoms with Gasteiger partial charge in [0.2, 0.25) is 0 Å². The zero-order valence-corrected chi connectivity index (χ0v) is 12.6. The van der Waals surface area contributed by atoms with Gasteiger partial charge in [0.05, 0.1) is 19.3 Å². The summed E-state index contributed by atoms with van der Waals surface area (Å²) in [6, 6.07) is 6.63. The summed E-state index contributed by atoms with van der Waals surface area (Å²) in [5.74, 6) is 0.718. The highest BCUT2D eigenvalue weighted by Crippen LogP contribution is 2.21. The number of alkyl carbamates (subject to hydrolysis) is 1. The van der Waals surface area contributed by atoms with Crippen molar-refractivity contribution in [3.05, 3.63) is 29.8 Å². The molecular formula is C15H23NO4. The Morgan fingerprint density at radius 1 is 1.25 bits per heavy atom. The molecule has 0 radical (unpaired) electrons. The summed E-state index contributed by atoms with van der Waals surface area (Å²) in [6.07, 6.45) is -1.30. The van der Waals surface area contributed by atoms with Crippen LogP contribution in [0.2, 0.25) is 0 Å². The molecule has 0 heterocycles. The lowest BCUT2D eigenvalue weighted by Crippen LogP contribution is -2.38. The van der Waals surface area contributed by atoms with E-state index in [-0.39, 0.29) is 0 Å². The highest BCUT2D eigenvalue weighted by Gasteiger charge is 2.23. The summed E-state index contributed by atoms with van der Waals surface area (Å²) in [4.78, 5) is 11.8. The van der Waals surface area contributed by atoms with Gasteiger partial charge in [-0.15, -0.1) is 0 Å². The van der Waals surface area contributed by atoms with E-state index in [9.17, 15) is 9.90 Å². The number of methoxy groups -OCH3 is 1. The van der Waals surface area contributed by atoms with E-state index in [1.165, 1.54) is 0 Å². The molecule has 5 nitrogen and oxygen atoms in total. The number of aliphatic hydroxyl groups is 1. The summed E-state index contributed by atoms with van der Waals surface area (Å²) in [5.41, 5.74) is 0.208. The Balaban J connectivity index is 2.81. The Morgan fingerprint density at radius 3 is 2.20 bits per heavy atom. The smallest absolute Gasteiger partial charge is 0.408 e. The van der Waals surface area contributed by atoms with E-state index in [4.69, 9.17) is 9.47 Å². The van der Waals surface area contributed by atoms with Gasteiger partial charge in [-0.3, -0.25) is 0 Å². The monoisotopic (exact) mass is 281 g/mol. The van der Waals surface area contributed by atoms with Gasteiger partial charge in [-0.25, -0.2) is 4.79 Å². The molecule has 2 N–H and O–H groups in total. The fraction of sp³-hybridized carbons (Fsp3) is 0.533. The maximum atomic E-state index is 11.8. The Kier molecular flexibility index (Phi) is 5.39. The van der Waals surface area contributed by atoms with Crippen LogP contribution in [0.1, 0.15) is 39.3 Å². The number of hydrogen-bond acceptors (Lipinski definition) is 4. The summed E-state index contributed by atoms with van der Waals surface area (Å²) < 4.78 is 10.3. The van der Waals surface area contributed by atoms with Crippen LogP contribution >= 0.6 is 0 Å². The summed E-state index contributed by atoms with van der Waals surface area (Å²) in [7, 11) is 1.58. The standard InChI is InChI=1S/C15H23NO4/c1-10(17)13(16-14(18)20-15(2,3)4)11-6-8-12(19-5)9-7-11/h6-10,13,17H,1-5H3,(H,16,18). The van der Waals surface area contributed by atoms with Crippen molar-refractivity contribution in [3.8, 4) is 5.75 Å². The van der Waals surface area contributed by atoms with Crippen molar-refractivity contribution >= 4 is 6.09 Å². The molecule has 0 aliphatic heterocycles. The van der Waals surface area contributed by atoms with Crippen LogP contribution in [-0.2, 0) is 4.74 Å². The number of hydrogen-bond donors (Lipinski definition) is 2. The minimum absolute atomic E-state index is 0.532. The van der Waals surface area contributed by atoms with Gasteiger partial charge in [0.25, 0.3) is 0 Å². The van der Waals surface area contributed by atoms with E-state index in [1.54, 1.807) is 59.1 Å². The van der Waals surface area contributed by atoms with Crippen molar-refractivity contribution in [2.24, 2.45) is 0 Å². The number of ether oxygens (including phenoxy) is 2. The number of carbonyl (C=O) groups is 1. The van der Waals surface area contributed by atoms with E-state index >= 15 is 0 Å². The molecule has 0 saturated heterocycles. The maximum Gasteiger partial charge on any atom is 0.408 e. The van der Waals surface area contributed by atoms with Gasteiger partial charge in [0.15, 0.2) is 0 Å². The zero-order valence-electron chi connectivity index (χ0n) is 12.6. The second-order valence-electron chi connectivity index (χ2n) is 5.64. The van der Waals surface area contributed by atoms with Crippen LogP contribution in [0.5, 0.6) is 5.75 Å². The number of aliphatic hydroxyl groups excluding tert-OH is 1. The average molecular weight is 281 g/mol. The SMILES string of the molecule is COc1ccc(C(NC(=O)OC(C)(C)C)C(C)O)cc1. The van der Waals surface area contributed by atoms with Crippen LogP contribution in [-0.4, -0.2) is 30.0 Å². The highest BCUT2D eigenvalue weighted by molar-refractivity contribution is 5.68. The molecule has 0 aliphatic carbocycles. The summed E-state index contributed by atoms with van der Waals surface area (Å²) in [6.45, 7) is 6.98. The molecule has 0 aromatic heterocycles. The van der Waals surface area contributed by atoms with E-state index in [1.807, 2.05) is 0 Å². The molecule has 2 atom stereocenters. The number of benzene rings is 1. The third kappa shape index (κ3) is 5.09. The molecule has 0 bridgehead atoms. The number of carbonyl (C=O) groups excluding carboxylic acids is 1. The quantitative estimate of drug-likeness (QED) is 0.890. The molecule has 1 rings (SSSR count). The molecule has 1 amide bonds. The maximum absolute atomic E-state index is 11.8. The molecule has 5 heteroatoms. The Bertz CT molecular complexity index is 434. The van der Waals surface area contributed by atoms with Gasteiger partial charge >= 0.3 is 6.09 Å². The minimum Gasteiger partial charge on any atom is -0.497 e. The first-order chi connectivity index (χ1) is 9.23. The van der Waals surface area contributed by atoms with E-state index < -0.39 is 23.8 Å². The van der Waals surface area contributed by atoms with Crippen LogP contribution in [0.4, 0.5) is 4.79 Å². The van der Waals surface area contributed by atoms with Crippen molar-refractivity contribution in [1.82, 2.24) is 5.32 Å². The second-order valence-corrected chi connectivity index (χ2v) is 5.64. The van der Waals surface area contributed by atoms with Gasteiger partial charge in [-0.05, 0) is 45.4 Å². The summed E-state index contributed by atoms with van der Waals surface area (Å²) >= 11 is 0. The molecule has 0 fully saturated rings. The van der Waals surface area contributed by atoms with Gasteiger partial charge in [0.1, 0.15) is 11.4 Å². The molecule has 112 valence electrons. The fourth-order valence-electron chi connectivity index (χ4n) is 1.73. The van der Waals surface area contributed by atoms with Crippen LogP contribution in [0.15, 0.2) is 24.3 Å². The highest BCUT2D eigenvalue weighted by atomic mass is 16.6. The van der Waals surface area contributed by atoms with Crippen molar-refractivity contribution < 1.29 is 19.4 Å². The topological polar surface area (TPSA) is 67.8 Å². The summed E-state index contributed by atoms with van der Waals surface area (Å²) in [5, 5.41) is 12.5. The van der Waals surface area contributed by atoms with E-state index in [2.05, 4.69) is 5.32 Å². The average Bonchev–Trinajstić information content (AvgIpc) is 2.34. The predicted octanol–water partition coefficient (Wildman–Crippen LogP) is 2.64. The molecule has 20 heavy (non-hydrogen) atoms. The van der Waals surface area contributed by atoms with Crippen LogP contribution < -0.4 is 10.1 Å². The van der Waals surface area contributed by atoms with Crippen molar-refractivity contribution in [3.63, 3.8) is 0 Å². The van der Waals surface area contributed by atoms with Gasteiger partial charge in [0, 0.05) is 0 Å². The minimum atomic E-state index is -0.740. The van der Waals surface area contributed by atoms with Crippen LogP contribution in [0, 0.1) is 0 Å². The molecule has 1 aromatic rings. The first-order valence-electron chi connectivity index (χ1n) is 6.54.